The van der Waals surface area contributed by atoms with Crippen LogP contribution in [0.3, 0.4) is 0 Å². The number of benzene rings is 1. The van der Waals surface area contributed by atoms with Crippen LogP contribution in [0.15, 0.2) is 36.5 Å². The van der Waals surface area contributed by atoms with Crippen LogP contribution in [0.1, 0.15) is 27.7 Å². The quantitative estimate of drug-likeness (QED) is 0.739. The van der Waals surface area contributed by atoms with E-state index in [1.54, 1.807) is 0 Å². The summed E-state index contributed by atoms with van der Waals surface area (Å²) in [5.41, 5.74) is 3.91. The number of nitrogens with zero attached hydrogens (tertiary/aromatic N) is 1. The van der Waals surface area contributed by atoms with Crippen molar-refractivity contribution in [3.8, 4) is 11.3 Å². The van der Waals surface area contributed by atoms with Crippen LogP contribution >= 0.6 is 0 Å². The van der Waals surface area contributed by atoms with Gasteiger partial charge in [0.2, 0.25) is 0 Å². The molecule has 2 heteroatoms. The Balaban J connectivity index is 2.68. The fourth-order valence-electron chi connectivity index (χ4n) is 2.45. The summed E-state index contributed by atoms with van der Waals surface area (Å²) in [5.74, 6) is -0.0784. The highest BCUT2D eigenvalue weighted by molar-refractivity contribution is 6.89. The van der Waals surface area contributed by atoms with Crippen LogP contribution in [0.2, 0.25) is 19.6 Å². The highest BCUT2D eigenvalue weighted by Gasteiger charge is 2.21. The zero-order valence-electron chi connectivity index (χ0n) is 16.0. The minimum atomic E-state index is -1.67. The summed E-state index contributed by atoms with van der Waals surface area (Å²) in [6.07, 6.45) is 0.566. The molecule has 0 radical (unpaired) electrons. The molecule has 1 aromatic carbocycles. The topological polar surface area (TPSA) is 12.9 Å². The Bertz CT molecular complexity index is 703. The van der Waals surface area contributed by atoms with Gasteiger partial charge in [-0.25, -0.2) is 0 Å². The minimum Gasteiger partial charge on any atom is -0.256 e. The SMILES string of the molecule is [2H]C([2H])(c1cc(-c2cccc(C)c2)ncc1[Si](C)(C)C)C(C)C. The van der Waals surface area contributed by atoms with E-state index in [9.17, 15) is 0 Å². The summed E-state index contributed by atoms with van der Waals surface area (Å²) >= 11 is 0. The Kier molecular flexibility index (Phi) is 3.88. The fourth-order valence-corrected chi connectivity index (χ4v) is 3.85. The third-order valence-electron chi connectivity index (χ3n) is 3.47. The number of aryl methyl sites for hydroxylation is 1. The molecule has 1 aromatic heterocycles. The van der Waals surface area contributed by atoms with E-state index in [1.165, 1.54) is 5.56 Å². The average Bonchev–Trinajstić information content (AvgIpc) is 2.45. The first-order chi connectivity index (χ1) is 10.5. The smallest absolute Gasteiger partial charge is 0.0799 e. The van der Waals surface area contributed by atoms with Gasteiger partial charge in [-0.3, -0.25) is 4.98 Å². The van der Waals surface area contributed by atoms with Crippen molar-refractivity contribution in [1.82, 2.24) is 4.98 Å². The molecule has 0 fully saturated rings. The van der Waals surface area contributed by atoms with Gasteiger partial charge < -0.3 is 0 Å². The van der Waals surface area contributed by atoms with Crippen LogP contribution in [-0.2, 0) is 6.37 Å². The van der Waals surface area contributed by atoms with Crippen molar-refractivity contribution in [2.24, 2.45) is 5.92 Å². The predicted molar refractivity (Wildman–Crippen MR) is 95.9 cm³/mol. The average molecular weight is 300 g/mol. The van der Waals surface area contributed by atoms with Gasteiger partial charge in [0.25, 0.3) is 0 Å². The van der Waals surface area contributed by atoms with E-state index in [2.05, 4.69) is 43.7 Å². The third-order valence-corrected chi connectivity index (χ3v) is 5.48. The Morgan fingerprint density at radius 2 is 1.90 bits per heavy atom. The fraction of sp³-hybridized carbons (Fsp3) is 0.421. The van der Waals surface area contributed by atoms with Crippen molar-refractivity contribution in [2.45, 2.75) is 46.8 Å². The highest BCUT2D eigenvalue weighted by atomic mass is 28.3. The molecule has 112 valence electrons. The van der Waals surface area contributed by atoms with Gasteiger partial charge in [-0.05, 0) is 42.1 Å². The van der Waals surface area contributed by atoms with E-state index in [4.69, 9.17) is 2.74 Å². The largest absolute Gasteiger partial charge is 0.256 e. The normalized spacial score (nSPS) is 14.0. The maximum Gasteiger partial charge on any atom is 0.0799 e. The lowest BCUT2D eigenvalue weighted by molar-refractivity contribution is 0.649. The first-order valence-electron chi connectivity index (χ1n) is 8.61. The van der Waals surface area contributed by atoms with E-state index < -0.39 is 14.4 Å². The minimum absolute atomic E-state index is 0.0784. The standard InChI is InChI=1S/C19H27NSi/c1-14(2)10-17-12-18(16-9-7-8-15(3)11-16)20-13-19(17)21(4,5)6/h7-9,11-14H,10H2,1-6H3/i10D2. The summed E-state index contributed by atoms with van der Waals surface area (Å²) in [4.78, 5) is 4.66. The monoisotopic (exact) mass is 299 g/mol. The van der Waals surface area contributed by atoms with Gasteiger partial charge >= 0.3 is 0 Å². The van der Waals surface area contributed by atoms with Crippen LogP contribution in [0.5, 0.6) is 0 Å². The first-order valence-corrected chi connectivity index (χ1v) is 11.1. The predicted octanol–water partition coefficient (Wildman–Crippen LogP) is 4.80. The van der Waals surface area contributed by atoms with Crippen molar-refractivity contribution in [3.63, 3.8) is 0 Å². The molecule has 0 bridgehead atoms. The lowest BCUT2D eigenvalue weighted by Gasteiger charge is -2.22. The van der Waals surface area contributed by atoms with Crippen molar-refractivity contribution in [3.05, 3.63) is 47.7 Å². The molecule has 0 spiro atoms. The molecule has 0 aliphatic rings. The third kappa shape index (κ3) is 4.04. The number of hydrogen-bond acceptors (Lipinski definition) is 1. The van der Waals surface area contributed by atoms with Gasteiger partial charge in [0, 0.05) is 14.5 Å². The number of aromatic nitrogens is 1. The van der Waals surface area contributed by atoms with Gasteiger partial charge in [-0.1, -0.05) is 57.3 Å². The van der Waals surface area contributed by atoms with Crippen LogP contribution in [0, 0.1) is 12.8 Å². The van der Waals surface area contributed by atoms with E-state index in [-0.39, 0.29) is 5.92 Å². The summed E-state index contributed by atoms with van der Waals surface area (Å²) in [6.45, 7) is 12.7. The molecular formula is C19H27NSi. The van der Waals surface area contributed by atoms with Crippen molar-refractivity contribution >= 4 is 13.3 Å². The second-order valence-electron chi connectivity index (χ2n) is 7.03. The molecule has 0 N–H and O–H groups in total. The van der Waals surface area contributed by atoms with Gasteiger partial charge in [-0.15, -0.1) is 0 Å². The summed E-state index contributed by atoms with van der Waals surface area (Å²) in [7, 11) is -1.67. The first kappa shape index (κ1) is 13.3. The van der Waals surface area contributed by atoms with E-state index >= 15 is 0 Å². The molecule has 0 amide bonds. The number of hydrogen-bond donors (Lipinski definition) is 0. The molecular weight excluding hydrogens is 270 g/mol. The van der Waals surface area contributed by atoms with Crippen molar-refractivity contribution < 1.29 is 2.74 Å². The summed E-state index contributed by atoms with van der Waals surface area (Å²) in [6, 6.07) is 10.2. The second kappa shape index (κ2) is 6.14. The molecule has 1 heterocycles. The van der Waals surface area contributed by atoms with Gasteiger partial charge in [-0.2, -0.15) is 0 Å². The van der Waals surface area contributed by atoms with Crippen LogP contribution < -0.4 is 5.19 Å². The Morgan fingerprint density at radius 1 is 1.19 bits per heavy atom. The highest BCUT2D eigenvalue weighted by Crippen LogP contribution is 2.21. The number of pyridine rings is 1. The van der Waals surface area contributed by atoms with Crippen molar-refractivity contribution in [2.75, 3.05) is 0 Å². The van der Waals surface area contributed by atoms with Crippen LogP contribution in [0.25, 0.3) is 11.3 Å². The van der Waals surface area contributed by atoms with Gasteiger partial charge in [0.05, 0.1) is 13.8 Å². The Labute approximate surface area is 133 Å². The maximum atomic E-state index is 8.61. The molecule has 0 atom stereocenters. The zero-order chi connectivity index (χ0) is 17.4. The molecule has 1 nitrogen and oxygen atoms in total. The molecule has 21 heavy (non-hydrogen) atoms. The molecule has 0 saturated carbocycles. The Hall–Kier alpha value is -1.41. The van der Waals surface area contributed by atoms with E-state index in [1.807, 2.05) is 38.2 Å². The van der Waals surface area contributed by atoms with Crippen LogP contribution in [0.4, 0.5) is 0 Å². The second-order valence-corrected chi connectivity index (χ2v) is 12.1. The number of rotatable bonds is 4. The maximum absolute atomic E-state index is 8.61. The Morgan fingerprint density at radius 3 is 2.48 bits per heavy atom. The molecule has 0 saturated heterocycles. The molecule has 0 aliphatic carbocycles. The van der Waals surface area contributed by atoms with Gasteiger partial charge in [0.1, 0.15) is 0 Å². The van der Waals surface area contributed by atoms with Crippen LogP contribution in [-0.4, -0.2) is 13.1 Å². The lowest BCUT2D eigenvalue weighted by atomic mass is 10.0. The van der Waals surface area contributed by atoms with E-state index in [0.717, 1.165) is 22.0 Å². The van der Waals surface area contributed by atoms with E-state index in [0.29, 0.717) is 0 Å². The lowest BCUT2D eigenvalue weighted by Crippen LogP contribution is -2.40. The summed E-state index contributed by atoms with van der Waals surface area (Å²) in [5, 5.41) is 1.12. The summed E-state index contributed by atoms with van der Waals surface area (Å²) < 4.78 is 17.2. The zero-order valence-corrected chi connectivity index (χ0v) is 15.0. The molecule has 0 aliphatic heterocycles. The van der Waals surface area contributed by atoms with Gasteiger partial charge in [0.15, 0.2) is 0 Å². The molecule has 2 aromatic rings. The van der Waals surface area contributed by atoms with Crippen molar-refractivity contribution in [1.29, 1.82) is 0 Å². The molecule has 0 unspecified atom stereocenters. The molecule has 2 rings (SSSR count).